The number of nitrogens with zero attached hydrogens (tertiary/aromatic N) is 1. The number of aliphatic imine (C=N–C) groups is 1. The van der Waals surface area contributed by atoms with Gasteiger partial charge in [0.2, 0.25) is 5.91 Å². The highest BCUT2D eigenvalue weighted by atomic mass is 16.5. The first-order valence-corrected chi connectivity index (χ1v) is 9.19. The summed E-state index contributed by atoms with van der Waals surface area (Å²) in [7, 11) is 3.25. The Balaban J connectivity index is 1.96. The second-order valence-electron chi connectivity index (χ2n) is 6.13. The van der Waals surface area contributed by atoms with Gasteiger partial charge in [-0.1, -0.05) is 18.2 Å². The molecule has 0 radical (unpaired) electrons. The van der Waals surface area contributed by atoms with Gasteiger partial charge in [-0.15, -0.1) is 0 Å². The molecule has 0 fully saturated rings. The topological polar surface area (TPSA) is 98.0 Å². The zero-order valence-electron chi connectivity index (χ0n) is 16.6. The van der Waals surface area contributed by atoms with E-state index in [4.69, 9.17) is 15.2 Å². The maximum absolute atomic E-state index is 11.3. The van der Waals surface area contributed by atoms with E-state index in [0.717, 1.165) is 29.8 Å². The summed E-state index contributed by atoms with van der Waals surface area (Å²) < 4.78 is 10.6. The standard InChI is InChI=1S/C21H28N4O3/c1-4-23-21(25-14-16-6-5-7-17(12-16)20(22)26)24-11-10-15-8-9-18(27-2)19(13-15)28-3/h5-9,12-13H,4,10-11,14H2,1-3H3,(H2,22,26)(H2,23,24,25). The van der Waals surface area contributed by atoms with Crippen molar-refractivity contribution in [1.29, 1.82) is 0 Å². The van der Waals surface area contributed by atoms with E-state index in [9.17, 15) is 4.79 Å². The fourth-order valence-corrected chi connectivity index (χ4v) is 2.70. The van der Waals surface area contributed by atoms with Crippen molar-refractivity contribution in [3.8, 4) is 11.5 Å². The van der Waals surface area contributed by atoms with Crippen molar-refractivity contribution in [2.24, 2.45) is 10.7 Å². The van der Waals surface area contributed by atoms with E-state index < -0.39 is 5.91 Å². The third-order valence-corrected chi connectivity index (χ3v) is 4.13. The van der Waals surface area contributed by atoms with Gasteiger partial charge in [-0.05, 0) is 48.7 Å². The Kier molecular flexibility index (Phi) is 8.14. The summed E-state index contributed by atoms with van der Waals surface area (Å²) in [5.74, 6) is 1.71. The van der Waals surface area contributed by atoms with E-state index in [-0.39, 0.29) is 0 Å². The summed E-state index contributed by atoms with van der Waals surface area (Å²) in [6, 6.07) is 13.1. The van der Waals surface area contributed by atoms with E-state index in [1.54, 1.807) is 26.4 Å². The molecule has 0 bridgehead atoms. The van der Waals surface area contributed by atoms with Crippen LogP contribution in [-0.2, 0) is 13.0 Å². The Morgan fingerprint density at radius 3 is 2.50 bits per heavy atom. The number of amides is 1. The summed E-state index contributed by atoms with van der Waals surface area (Å²) >= 11 is 0. The third-order valence-electron chi connectivity index (χ3n) is 4.13. The van der Waals surface area contributed by atoms with Crippen LogP contribution >= 0.6 is 0 Å². The molecule has 0 spiro atoms. The number of hydrogen-bond donors (Lipinski definition) is 3. The van der Waals surface area contributed by atoms with Crippen molar-refractivity contribution in [2.45, 2.75) is 19.9 Å². The largest absolute Gasteiger partial charge is 0.493 e. The van der Waals surface area contributed by atoms with Crippen LogP contribution in [0.3, 0.4) is 0 Å². The van der Waals surface area contributed by atoms with E-state index in [0.29, 0.717) is 30.4 Å². The van der Waals surface area contributed by atoms with Gasteiger partial charge in [0.1, 0.15) is 0 Å². The zero-order chi connectivity index (χ0) is 20.4. The summed E-state index contributed by atoms with van der Waals surface area (Å²) in [5, 5.41) is 6.54. The molecule has 0 aliphatic carbocycles. The highest BCUT2D eigenvalue weighted by Crippen LogP contribution is 2.27. The summed E-state index contributed by atoms with van der Waals surface area (Å²) in [6.45, 7) is 3.93. The number of benzene rings is 2. The maximum Gasteiger partial charge on any atom is 0.248 e. The van der Waals surface area contributed by atoms with Crippen LogP contribution in [-0.4, -0.2) is 39.2 Å². The number of methoxy groups -OCH3 is 2. The van der Waals surface area contributed by atoms with E-state index in [1.165, 1.54) is 0 Å². The van der Waals surface area contributed by atoms with Crippen molar-refractivity contribution in [3.05, 3.63) is 59.2 Å². The number of ether oxygens (including phenoxy) is 2. The van der Waals surface area contributed by atoms with Gasteiger partial charge in [-0.2, -0.15) is 0 Å². The monoisotopic (exact) mass is 384 g/mol. The molecule has 0 aliphatic heterocycles. The van der Waals surface area contributed by atoms with Gasteiger partial charge >= 0.3 is 0 Å². The average molecular weight is 384 g/mol. The van der Waals surface area contributed by atoms with Crippen LogP contribution in [0.2, 0.25) is 0 Å². The number of primary amides is 1. The van der Waals surface area contributed by atoms with Crippen LogP contribution < -0.4 is 25.8 Å². The fourth-order valence-electron chi connectivity index (χ4n) is 2.70. The minimum Gasteiger partial charge on any atom is -0.493 e. The van der Waals surface area contributed by atoms with Gasteiger partial charge in [0.25, 0.3) is 0 Å². The molecule has 0 aliphatic rings. The minimum atomic E-state index is -0.439. The van der Waals surface area contributed by atoms with Crippen molar-refractivity contribution in [1.82, 2.24) is 10.6 Å². The van der Waals surface area contributed by atoms with E-state index in [2.05, 4.69) is 15.6 Å². The quantitative estimate of drug-likeness (QED) is 0.454. The number of nitrogens with one attached hydrogen (secondary N) is 2. The molecule has 2 aromatic rings. The molecule has 0 saturated heterocycles. The molecule has 0 aromatic heterocycles. The molecular weight excluding hydrogens is 356 g/mol. The first kappa shape index (κ1) is 21.1. The number of guanidine groups is 1. The molecular formula is C21H28N4O3. The molecule has 0 heterocycles. The molecule has 0 unspecified atom stereocenters. The molecule has 2 rings (SSSR count). The predicted octanol–water partition coefficient (Wildman–Crippen LogP) is 2.10. The second-order valence-corrected chi connectivity index (χ2v) is 6.13. The third kappa shape index (κ3) is 6.19. The van der Waals surface area contributed by atoms with Gasteiger partial charge < -0.3 is 25.8 Å². The number of carbonyl (C=O) groups is 1. The molecule has 150 valence electrons. The zero-order valence-corrected chi connectivity index (χ0v) is 16.6. The van der Waals surface area contributed by atoms with Crippen molar-refractivity contribution in [2.75, 3.05) is 27.3 Å². The van der Waals surface area contributed by atoms with Crippen LogP contribution in [0, 0.1) is 0 Å². The Bertz CT molecular complexity index is 821. The van der Waals surface area contributed by atoms with Gasteiger partial charge in [0.15, 0.2) is 17.5 Å². The average Bonchev–Trinajstić information content (AvgIpc) is 2.72. The summed E-state index contributed by atoms with van der Waals surface area (Å²) in [4.78, 5) is 15.9. The first-order valence-electron chi connectivity index (χ1n) is 9.19. The smallest absolute Gasteiger partial charge is 0.248 e. The van der Waals surface area contributed by atoms with Gasteiger partial charge in [-0.3, -0.25) is 4.79 Å². The lowest BCUT2D eigenvalue weighted by atomic mass is 10.1. The minimum absolute atomic E-state index is 0.439. The Morgan fingerprint density at radius 2 is 1.82 bits per heavy atom. The number of rotatable bonds is 9. The Hall–Kier alpha value is -3.22. The van der Waals surface area contributed by atoms with Crippen molar-refractivity contribution >= 4 is 11.9 Å². The first-order chi connectivity index (χ1) is 13.6. The lowest BCUT2D eigenvalue weighted by molar-refractivity contribution is 0.1000. The van der Waals surface area contributed by atoms with Crippen LogP contribution in [0.25, 0.3) is 0 Å². The maximum atomic E-state index is 11.3. The molecule has 2 aromatic carbocycles. The Labute approximate surface area is 165 Å². The highest BCUT2D eigenvalue weighted by molar-refractivity contribution is 5.92. The normalized spacial score (nSPS) is 11.0. The fraction of sp³-hybridized carbons (Fsp3) is 0.333. The lowest BCUT2D eigenvalue weighted by Gasteiger charge is -2.13. The Morgan fingerprint density at radius 1 is 1.04 bits per heavy atom. The van der Waals surface area contributed by atoms with Crippen molar-refractivity contribution < 1.29 is 14.3 Å². The highest BCUT2D eigenvalue weighted by Gasteiger charge is 2.05. The molecule has 28 heavy (non-hydrogen) atoms. The van der Waals surface area contributed by atoms with Gasteiger partial charge in [-0.25, -0.2) is 4.99 Å². The van der Waals surface area contributed by atoms with Crippen LogP contribution in [0.4, 0.5) is 0 Å². The molecule has 1 amide bonds. The summed E-state index contributed by atoms with van der Waals surface area (Å²) in [6.07, 6.45) is 0.807. The van der Waals surface area contributed by atoms with Gasteiger partial charge in [0, 0.05) is 18.7 Å². The molecule has 4 N–H and O–H groups in total. The SMILES string of the molecule is CCNC(=NCc1cccc(C(N)=O)c1)NCCc1ccc(OC)c(OC)c1. The van der Waals surface area contributed by atoms with E-state index in [1.807, 2.05) is 37.3 Å². The van der Waals surface area contributed by atoms with E-state index >= 15 is 0 Å². The van der Waals surface area contributed by atoms with Crippen LogP contribution in [0.15, 0.2) is 47.5 Å². The molecule has 0 saturated carbocycles. The van der Waals surface area contributed by atoms with Crippen LogP contribution in [0.1, 0.15) is 28.4 Å². The molecule has 0 atom stereocenters. The van der Waals surface area contributed by atoms with Crippen LogP contribution in [0.5, 0.6) is 11.5 Å². The number of carbonyl (C=O) groups excluding carboxylic acids is 1. The molecule has 7 heteroatoms. The summed E-state index contributed by atoms with van der Waals surface area (Å²) in [5.41, 5.74) is 7.87. The number of nitrogens with two attached hydrogens (primary N) is 1. The lowest BCUT2D eigenvalue weighted by Crippen LogP contribution is -2.38. The second kappa shape index (κ2) is 10.8. The predicted molar refractivity (Wildman–Crippen MR) is 111 cm³/mol. The number of hydrogen-bond acceptors (Lipinski definition) is 4. The van der Waals surface area contributed by atoms with Gasteiger partial charge in [0.05, 0.1) is 20.8 Å². The van der Waals surface area contributed by atoms with Crippen molar-refractivity contribution in [3.63, 3.8) is 0 Å². The molecule has 7 nitrogen and oxygen atoms in total.